The first-order valence-corrected chi connectivity index (χ1v) is 3.17. The number of hydrogen-bond acceptors (Lipinski definition) is 2. The molecule has 3 nitrogen and oxygen atoms in total. The van der Waals surface area contributed by atoms with Crippen LogP contribution in [0.3, 0.4) is 0 Å². The molecule has 1 aromatic rings. The minimum Gasteiger partial charge on any atom is -0.297 e. The molecule has 10 heavy (non-hydrogen) atoms. The first-order valence-electron chi connectivity index (χ1n) is 2.42. The fraction of sp³-hybridized carbons (Fsp3) is 0.200. The van der Waals surface area contributed by atoms with E-state index >= 15 is 0 Å². The van der Waals surface area contributed by atoms with Gasteiger partial charge in [0.1, 0.15) is 11.7 Å². The van der Waals surface area contributed by atoms with E-state index in [1.165, 1.54) is 4.57 Å². The summed E-state index contributed by atoms with van der Waals surface area (Å²) in [6.45, 7) is 0.124. The molecule has 0 bridgehead atoms. The van der Waals surface area contributed by atoms with E-state index in [1.807, 2.05) is 6.07 Å². The van der Waals surface area contributed by atoms with Gasteiger partial charge in [-0.2, -0.15) is 5.26 Å². The van der Waals surface area contributed by atoms with Crippen molar-refractivity contribution in [2.45, 2.75) is 6.54 Å². The second-order valence-corrected chi connectivity index (χ2v) is 2.25. The Labute approximate surface area is 67.8 Å². The SMILES string of the molecule is N#CCn1[c]nc(Cl)c1Cl. The topological polar surface area (TPSA) is 41.6 Å². The third-order valence-electron chi connectivity index (χ3n) is 0.905. The van der Waals surface area contributed by atoms with E-state index in [0.29, 0.717) is 0 Å². The summed E-state index contributed by atoms with van der Waals surface area (Å²) in [5.74, 6) is 0. The molecule has 1 radical (unpaired) electrons. The Morgan fingerprint density at radius 2 is 2.40 bits per heavy atom. The molecule has 51 valence electrons. The van der Waals surface area contributed by atoms with Crippen molar-refractivity contribution in [3.8, 4) is 6.07 Å². The van der Waals surface area contributed by atoms with Crippen molar-refractivity contribution in [2.75, 3.05) is 0 Å². The monoisotopic (exact) mass is 174 g/mol. The normalized spacial score (nSPS) is 9.30. The molecule has 1 rings (SSSR count). The van der Waals surface area contributed by atoms with Crippen LogP contribution in [0.2, 0.25) is 10.3 Å². The van der Waals surface area contributed by atoms with Crippen LogP contribution < -0.4 is 0 Å². The van der Waals surface area contributed by atoms with E-state index in [1.54, 1.807) is 0 Å². The highest BCUT2D eigenvalue weighted by Crippen LogP contribution is 2.18. The highest BCUT2D eigenvalue weighted by Gasteiger charge is 2.04. The molecule has 0 unspecified atom stereocenters. The quantitative estimate of drug-likeness (QED) is 0.649. The van der Waals surface area contributed by atoms with Crippen LogP contribution in [0.4, 0.5) is 0 Å². The zero-order valence-corrected chi connectivity index (χ0v) is 6.32. The van der Waals surface area contributed by atoms with Crippen molar-refractivity contribution < 1.29 is 0 Å². The number of imidazole rings is 1. The smallest absolute Gasteiger partial charge is 0.180 e. The van der Waals surface area contributed by atoms with Crippen LogP contribution in [0, 0.1) is 17.7 Å². The van der Waals surface area contributed by atoms with Crippen molar-refractivity contribution in [3.05, 3.63) is 16.6 Å². The average molecular weight is 175 g/mol. The predicted octanol–water partition coefficient (Wildman–Crippen LogP) is 1.51. The highest BCUT2D eigenvalue weighted by molar-refractivity contribution is 6.40. The van der Waals surface area contributed by atoms with Gasteiger partial charge < -0.3 is 0 Å². The van der Waals surface area contributed by atoms with Crippen molar-refractivity contribution in [1.29, 1.82) is 5.26 Å². The molecule has 0 amide bonds. The standard InChI is InChI=1S/C5H2Cl2N3/c6-4-5(7)10(2-1-8)3-9-4/h2H2. The molecular weight excluding hydrogens is 173 g/mol. The first-order chi connectivity index (χ1) is 4.75. The summed E-state index contributed by atoms with van der Waals surface area (Å²) in [5, 5.41) is 8.66. The molecule has 0 aromatic carbocycles. The average Bonchev–Trinajstić information content (AvgIpc) is 2.20. The Morgan fingerprint density at radius 3 is 2.80 bits per heavy atom. The number of halogens is 2. The predicted molar refractivity (Wildman–Crippen MR) is 36.7 cm³/mol. The maximum absolute atomic E-state index is 8.23. The number of aromatic nitrogens is 2. The van der Waals surface area contributed by atoms with E-state index in [4.69, 9.17) is 28.5 Å². The molecule has 0 aliphatic carbocycles. The molecule has 1 heterocycles. The Balaban J connectivity index is 2.96. The molecule has 0 aliphatic heterocycles. The molecular formula is C5H2Cl2N3. The zero-order valence-electron chi connectivity index (χ0n) is 4.80. The number of hydrogen-bond donors (Lipinski definition) is 0. The molecule has 0 saturated heterocycles. The van der Waals surface area contributed by atoms with Crippen molar-refractivity contribution in [3.63, 3.8) is 0 Å². The number of nitrogens with zero attached hydrogens (tertiary/aromatic N) is 3. The van der Waals surface area contributed by atoms with Gasteiger partial charge in [-0.05, 0) is 0 Å². The van der Waals surface area contributed by atoms with E-state index in [-0.39, 0.29) is 16.9 Å². The highest BCUT2D eigenvalue weighted by atomic mass is 35.5. The lowest BCUT2D eigenvalue weighted by atomic mass is 10.7. The minimum atomic E-state index is 0.124. The van der Waals surface area contributed by atoms with Crippen molar-refractivity contribution in [1.82, 2.24) is 9.55 Å². The van der Waals surface area contributed by atoms with Crippen molar-refractivity contribution in [2.24, 2.45) is 0 Å². The summed E-state index contributed by atoms with van der Waals surface area (Å²) in [6, 6.07) is 1.89. The maximum atomic E-state index is 8.23. The molecule has 1 aromatic heterocycles. The minimum absolute atomic E-state index is 0.124. The van der Waals surface area contributed by atoms with E-state index in [2.05, 4.69) is 11.3 Å². The summed E-state index contributed by atoms with van der Waals surface area (Å²) < 4.78 is 1.34. The van der Waals surface area contributed by atoms with Crippen LogP contribution in [-0.2, 0) is 6.54 Å². The van der Waals surface area contributed by atoms with E-state index < -0.39 is 0 Å². The Bertz CT molecular complexity index is 273. The van der Waals surface area contributed by atoms with Crippen LogP contribution in [0.5, 0.6) is 0 Å². The third kappa shape index (κ3) is 1.23. The summed E-state index contributed by atoms with van der Waals surface area (Å²) in [4.78, 5) is 3.56. The lowest BCUT2D eigenvalue weighted by Gasteiger charge is -1.91. The van der Waals surface area contributed by atoms with Gasteiger partial charge in [0.05, 0.1) is 6.07 Å². The summed E-state index contributed by atoms with van der Waals surface area (Å²) >= 11 is 11.0. The van der Waals surface area contributed by atoms with Gasteiger partial charge in [-0.15, -0.1) is 0 Å². The van der Waals surface area contributed by atoms with Gasteiger partial charge >= 0.3 is 0 Å². The van der Waals surface area contributed by atoms with E-state index in [9.17, 15) is 0 Å². The molecule has 5 heteroatoms. The van der Waals surface area contributed by atoms with Gasteiger partial charge in [0, 0.05) is 0 Å². The van der Waals surface area contributed by atoms with Crippen LogP contribution >= 0.6 is 23.2 Å². The molecule has 0 saturated carbocycles. The van der Waals surface area contributed by atoms with Gasteiger partial charge in [0.15, 0.2) is 11.5 Å². The van der Waals surface area contributed by atoms with Crippen LogP contribution in [0.15, 0.2) is 0 Å². The number of nitriles is 1. The lowest BCUT2D eigenvalue weighted by molar-refractivity contribution is 0.823. The fourth-order valence-electron chi connectivity index (χ4n) is 0.481. The van der Waals surface area contributed by atoms with Crippen LogP contribution in [-0.4, -0.2) is 9.55 Å². The molecule has 0 fully saturated rings. The second-order valence-electron chi connectivity index (χ2n) is 1.54. The van der Waals surface area contributed by atoms with Gasteiger partial charge in [-0.25, -0.2) is 4.98 Å². The third-order valence-corrected chi connectivity index (χ3v) is 1.65. The van der Waals surface area contributed by atoms with Crippen LogP contribution in [0.25, 0.3) is 0 Å². The summed E-state index contributed by atoms with van der Waals surface area (Å²) in [6.07, 6.45) is 2.45. The molecule has 0 atom stereocenters. The van der Waals surface area contributed by atoms with Gasteiger partial charge in [-0.3, -0.25) is 4.57 Å². The van der Waals surface area contributed by atoms with Crippen LogP contribution in [0.1, 0.15) is 0 Å². The number of rotatable bonds is 1. The molecule has 0 spiro atoms. The largest absolute Gasteiger partial charge is 0.297 e. The maximum Gasteiger partial charge on any atom is 0.180 e. The van der Waals surface area contributed by atoms with E-state index in [0.717, 1.165) is 0 Å². The summed E-state index contributed by atoms with van der Waals surface area (Å²) in [5.41, 5.74) is 0. The molecule has 0 N–H and O–H groups in total. The zero-order chi connectivity index (χ0) is 7.56. The second kappa shape index (κ2) is 2.91. The Hall–Kier alpha value is -0.720. The first kappa shape index (κ1) is 7.39. The van der Waals surface area contributed by atoms with Gasteiger partial charge in [0.25, 0.3) is 0 Å². The van der Waals surface area contributed by atoms with Gasteiger partial charge in [-0.1, -0.05) is 23.2 Å². The molecule has 0 aliphatic rings. The Morgan fingerprint density at radius 1 is 1.70 bits per heavy atom. The van der Waals surface area contributed by atoms with Crippen molar-refractivity contribution >= 4 is 23.2 Å². The van der Waals surface area contributed by atoms with Gasteiger partial charge in [0.2, 0.25) is 0 Å². The Kier molecular flexibility index (Phi) is 2.15. The lowest BCUT2D eigenvalue weighted by Crippen LogP contribution is -1.92. The fourth-order valence-corrected chi connectivity index (χ4v) is 0.761. The summed E-state index contributed by atoms with van der Waals surface area (Å²) in [7, 11) is 0.